The largest absolute Gasteiger partial charge is 0.378 e. The molecule has 2 heteroatoms. The Bertz CT molecular complexity index is 1010. The molecule has 4 aromatic rings. The molecule has 0 atom stereocenters. The van der Waals surface area contributed by atoms with Gasteiger partial charge in [-0.15, -0.1) is 0 Å². The summed E-state index contributed by atoms with van der Waals surface area (Å²) in [5.41, 5.74) is 5.68. The van der Waals surface area contributed by atoms with Crippen molar-refractivity contribution in [2.24, 2.45) is 0 Å². The first-order chi connectivity index (χ1) is 12.2. The highest BCUT2D eigenvalue weighted by molar-refractivity contribution is 6.04. The van der Waals surface area contributed by atoms with Crippen LogP contribution in [0, 0.1) is 0 Å². The van der Waals surface area contributed by atoms with Gasteiger partial charge in [0, 0.05) is 30.6 Å². The second-order valence-electron chi connectivity index (χ2n) is 6.38. The van der Waals surface area contributed by atoms with E-state index >= 15 is 0 Å². The molecular formula is C23H20N2. The van der Waals surface area contributed by atoms with Crippen LogP contribution in [0.1, 0.15) is 11.1 Å². The Hall–Kier alpha value is -3.13. The maximum atomic E-state index is 4.78. The Balaban J connectivity index is 1.84. The molecule has 0 aliphatic carbocycles. The van der Waals surface area contributed by atoms with Crippen LogP contribution in [0.4, 0.5) is 5.69 Å². The normalized spacial score (nSPS) is 11.4. The Kier molecular flexibility index (Phi) is 3.95. The summed E-state index contributed by atoms with van der Waals surface area (Å²) in [4.78, 5) is 6.89. The molecule has 0 fully saturated rings. The predicted molar refractivity (Wildman–Crippen MR) is 109 cm³/mol. The SMILES string of the molecule is CN(C)c1ccc(/C=C\c2c3ccccc3nc3ccccc23)cc1. The van der Waals surface area contributed by atoms with Crippen LogP contribution in [0.15, 0.2) is 72.8 Å². The van der Waals surface area contributed by atoms with Crippen molar-refractivity contribution in [3.05, 3.63) is 83.9 Å². The first kappa shape index (κ1) is 15.4. The summed E-state index contributed by atoms with van der Waals surface area (Å²) in [6, 6.07) is 25.2. The second kappa shape index (κ2) is 6.40. The summed E-state index contributed by atoms with van der Waals surface area (Å²) in [5.74, 6) is 0. The van der Waals surface area contributed by atoms with Crippen LogP contribution in [0.2, 0.25) is 0 Å². The van der Waals surface area contributed by atoms with Gasteiger partial charge in [-0.05, 0) is 35.4 Å². The number of nitrogens with zero attached hydrogens (tertiary/aromatic N) is 2. The first-order valence-corrected chi connectivity index (χ1v) is 8.45. The Morgan fingerprint density at radius 2 is 1.24 bits per heavy atom. The van der Waals surface area contributed by atoms with Crippen LogP contribution < -0.4 is 4.90 Å². The summed E-state index contributed by atoms with van der Waals surface area (Å²) < 4.78 is 0. The minimum absolute atomic E-state index is 1.03. The molecule has 0 aliphatic rings. The maximum Gasteiger partial charge on any atom is 0.0715 e. The molecule has 0 saturated heterocycles. The monoisotopic (exact) mass is 324 g/mol. The van der Waals surface area contributed by atoms with Crippen LogP contribution in [0.5, 0.6) is 0 Å². The molecule has 4 rings (SSSR count). The summed E-state index contributed by atoms with van der Waals surface area (Å²) in [6.07, 6.45) is 4.38. The van der Waals surface area contributed by atoms with Gasteiger partial charge >= 0.3 is 0 Å². The molecule has 0 N–H and O–H groups in total. The van der Waals surface area contributed by atoms with Crippen molar-refractivity contribution in [3.63, 3.8) is 0 Å². The number of anilines is 1. The van der Waals surface area contributed by atoms with E-state index in [1.54, 1.807) is 0 Å². The molecule has 0 radical (unpaired) electrons. The van der Waals surface area contributed by atoms with Gasteiger partial charge in [0.15, 0.2) is 0 Å². The molecule has 2 nitrogen and oxygen atoms in total. The molecule has 1 heterocycles. The summed E-state index contributed by atoms with van der Waals surface area (Å²) >= 11 is 0. The number of hydrogen-bond acceptors (Lipinski definition) is 2. The van der Waals surface area contributed by atoms with Gasteiger partial charge in [-0.3, -0.25) is 0 Å². The molecule has 25 heavy (non-hydrogen) atoms. The van der Waals surface area contributed by atoms with E-state index in [0.717, 1.165) is 11.0 Å². The smallest absolute Gasteiger partial charge is 0.0715 e. The molecule has 1 aromatic heterocycles. The van der Waals surface area contributed by atoms with E-state index < -0.39 is 0 Å². The van der Waals surface area contributed by atoms with E-state index in [9.17, 15) is 0 Å². The molecular weight excluding hydrogens is 304 g/mol. The van der Waals surface area contributed by atoms with Gasteiger partial charge in [-0.2, -0.15) is 0 Å². The van der Waals surface area contributed by atoms with Gasteiger partial charge in [-0.25, -0.2) is 4.98 Å². The van der Waals surface area contributed by atoms with Crippen molar-refractivity contribution in [3.8, 4) is 0 Å². The number of rotatable bonds is 3. The van der Waals surface area contributed by atoms with Gasteiger partial charge in [0.2, 0.25) is 0 Å². The van der Waals surface area contributed by atoms with Crippen molar-refractivity contribution < 1.29 is 0 Å². The summed E-state index contributed by atoms with van der Waals surface area (Å²) in [7, 11) is 4.11. The average Bonchev–Trinajstić information content (AvgIpc) is 2.65. The third-order valence-corrected chi connectivity index (χ3v) is 4.48. The van der Waals surface area contributed by atoms with Crippen LogP contribution in [0.3, 0.4) is 0 Å². The third kappa shape index (κ3) is 2.99. The lowest BCUT2D eigenvalue weighted by molar-refractivity contribution is 1.13. The lowest BCUT2D eigenvalue weighted by atomic mass is 10.0. The molecule has 0 unspecified atom stereocenters. The van der Waals surface area contributed by atoms with E-state index in [2.05, 4.69) is 91.8 Å². The summed E-state index contributed by atoms with van der Waals surface area (Å²) in [5, 5.41) is 2.37. The second-order valence-corrected chi connectivity index (χ2v) is 6.38. The highest BCUT2D eigenvalue weighted by atomic mass is 15.1. The lowest BCUT2D eigenvalue weighted by Crippen LogP contribution is -2.07. The average molecular weight is 324 g/mol. The summed E-state index contributed by atoms with van der Waals surface area (Å²) in [6.45, 7) is 0. The standard InChI is InChI=1S/C23H20N2/c1-25(2)18-14-11-17(12-15-18)13-16-19-20-7-3-5-9-22(20)24-23-10-6-4-8-21(19)23/h3-16H,1-2H3/b16-13-. The fraction of sp³-hybridized carbons (Fsp3) is 0.0870. The lowest BCUT2D eigenvalue weighted by Gasteiger charge is -2.12. The van der Waals surface area contributed by atoms with E-state index in [1.807, 2.05) is 12.1 Å². The van der Waals surface area contributed by atoms with Crippen LogP contribution >= 0.6 is 0 Å². The van der Waals surface area contributed by atoms with Crippen molar-refractivity contribution >= 4 is 39.6 Å². The third-order valence-electron chi connectivity index (χ3n) is 4.48. The highest BCUT2D eigenvalue weighted by Gasteiger charge is 2.06. The zero-order valence-corrected chi connectivity index (χ0v) is 14.5. The number of para-hydroxylation sites is 2. The zero-order chi connectivity index (χ0) is 17.2. The molecule has 0 spiro atoms. The van der Waals surface area contributed by atoms with Gasteiger partial charge in [0.25, 0.3) is 0 Å². The molecule has 0 saturated carbocycles. The van der Waals surface area contributed by atoms with Crippen molar-refractivity contribution in [1.82, 2.24) is 4.98 Å². The van der Waals surface area contributed by atoms with Crippen molar-refractivity contribution in [1.29, 1.82) is 0 Å². The highest BCUT2D eigenvalue weighted by Crippen LogP contribution is 2.27. The molecule has 0 aliphatic heterocycles. The predicted octanol–water partition coefficient (Wildman–Crippen LogP) is 5.62. The molecule has 122 valence electrons. The Morgan fingerprint density at radius 1 is 0.680 bits per heavy atom. The topological polar surface area (TPSA) is 16.1 Å². The van der Waals surface area contributed by atoms with Crippen LogP contribution in [-0.4, -0.2) is 19.1 Å². The number of aromatic nitrogens is 1. The fourth-order valence-electron chi connectivity index (χ4n) is 3.12. The quantitative estimate of drug-likeness (QED) is 0.454. The van der Waals surface area contributed by atoms with Gasteiger partial charge in [0.1, 0.15) is 0 Å². The Labute approximate surface area is 148 Å². The number of benzene rings is 3. The number of fused-ring (bicyclic) bond motifs is 2. The molecule has 3 aromatic carbocycles. The van der Waals surface area contributed by atoms with Crippen LogP contribution in [-0.2, 0) is 0 Å². The Morgan fingerprint density at radius 3 is 1.80 bits per heavy atom. The van der Waals surface area contributed by atoms with E-state index in [0.29, 0.717) is 0 Å². The van der Waals surface area contributed by atoms with Crippen LogP contribution in [0.25, 0.3) is 34.0 Å². The first-order valence-electron chi connectivity index (χ1n) is 8.45. The molecule has 0 amide bonds. The minimum atomic E-state index is 1.03. The van der Waals surface area contributed by atoms with Crippen molar-refractivity contribution in [2.45, 2.75) is 0 Å². The fourth-order valence-corrected chi connectivity index (χ4v) is 3.12. The van der Waals surface area contributed by atoms with Gasteiger partial charge in [-0.1, -0.05) is 60.7 Å². The van der Waals surface area contributed by atoms with Gasteiger partial charge in [0.05, 0.1) is 11.0 Å². The number of hydrogen-bond donors (Lipinski definition) is 0. The van der Waals surface area contributed by atoms with E-state index in [-0.39, 0.29) is 0 Å². The van der Waals surface area contributed by atoms with E-state index in [4.69, 9.17) is 4.98 Å². The van der Waals surface area contributed by atoms with Crippen molar-refractivity contribution in [2.75, 3.05) is 19.0 Å². The number of pyridine rings is 1. The van der Waals surface area contributed by atoms with E-state index in [1.165, 1.54) is 27.6 Å². The zero-order valence-electron chi connectivity index (χ0n) is 14.5. The van der Waals surface area contributed by atoms with Gasteiger partial charge < -0.3 is 4.90 Å². The maximum absolute atomic E-state index is 4.78. The molecule has 0 bridgehead atoms. The minimum Gasteiger partial charge on any atom is -0.378 e.